The van der Waals surface area contributed by atoms with Crippen molar-refractivity contribution in [2.24, 2.45) is 0 Å². The molecule has 178 valence electrons. The Hall–Kier alpha value is -5.22. The zero-order valence-corrected chi connectivity index (χ0v) is 20.5. The van der Waals surface area contributed by atoms with E-state index >= 15 is 0 Å². The summed E-state index contributed by atoms with van der Waals surface area (Å²) in [5.74, 6) is 1.97. The Bertz CT molecular complexity index is 1840. The summed E-state index contributed by atoms with van der Waals surface area (Å²) in [6.45, 7) is 0. The molecule has 38 heavy (non-hydrogen) atoms. The van der Waals surface area contributed by atoms with Crippen molar-refractivity contribution in [1.29, 1.82) is 0 Å². The average molecular weight is 487 g/mol. The van der Waals surface area contributed by atoms with Crippen LogP contribution in [0.4, 0.5) is 0 Å². The van der Waals surface area contributed by atoms with Gasteiger partial charge in [0.05, 0.1) is 5.52 Å². The lowest BCUT2D eigenvalue weighted by molar-refractivity contribution is 1.07. The van der Waals surface area contributed by atoms with Crippen LogP contribution in [0.3, 0.4) is 0 Å². The summed E-state index contributed by atoms with van der Waals surface area (Å²) in [5, 5.41) is 3.53. The van der Waals surface area contributed by atoms with Gasteiger partial charge in [-0.3, -0.25) is 4.98 Å². The van der Waals surface area contributed by atoms with Gasteiger partial charge in [0.25, 0.3) is 0 Å². The molecule has 7 aromatic rings. The zero-order valence-electron chi connectivity index (χ0n) is 20.5. The molecular formula is C34H22N4. The number of fused-ring (bicyclic) bond motifs is 3. The fourth-order valence-electron chi connectivity index (χ4n) is 4.79. The van der Waals surface area contributed by atoms with Gasteiger partial charge in [0, 0.05) is 33.7 Å². The lowest BCUT2D eigenvalue weighted by Gasteiger charge is -2.09. The van der Waals surface area contributed by atoms with Crippen molar-refractivity contribution in [3.63, 3.8) is 0 Å². The van der Waals surface area contributed by atoms with Crippen molar-refractivity contribution >= 4 is 21.7 Å². The maximum absolute atomic E-state index is 4.84. The SMILES string of the molecule is c1ccc(-c2nc(-c3ccccc3)nc(-c3ccc(-c4ccc5c(c4)ncc4ccccc45)cc3)n2)cc1. The number of hydrogen-bond acceptors (Lipinski definition) is 4. The number of aromatic nitrogens is 4. The summed E-state index contributed by atoms with van der Waals surface area (Å²) in [6.07, 6.45) is 1.94. The second kappa shape index (κ2) is 9.34. The van der Waals surface area contributed by atoms with Crippen molar-refractivity contribution in [2.75, 3.05) is 0 Å². The highest BCUT2D eigenvalue weighted by Crippen LogP contribution is 2.30. The van der Waals surface area contributed by atoms with Crippen molar-refractivity contribution in [2.45, 2.75) is 0 Å². The van der Waals surface area contributed by atoms with Crippen LogP contribution in [0.15, 0.2) is 134 Å². The second-order valence-corrected chi connectivity index (χ2v) is 9.19. The number of nitrogens with zero attached hydrogens (tertiary/aromatic N) is 4. The van der Waals surface area contributed by atoms with Crippen LogP contribution in [0, 0.1) is 0 Å². The monoisotopic (exact) mass is 486 g/mol. The lowest BCUT2D eigenvalue weighted by atomic mass is 10.00. The van der Waals surface area contributed by atoms with Crippen LogP contribution in [0.25, 0.3) is 67.0 Å². The van der Waals surface area contributed by atoms with Crippen LogP contribution in [0.2, 0.25) is 0 Å². The van der Waals surface area contributed by atoms with Crippen molar-refractivity contribution in [1.82, 2.24) is 19.9 Å². The Balaban J connectivity index is 1.28. The molecule has 0 saturated carbocycles. The van der Waals surface area contributed by atoms with Gasteiger partial charge in [-0.2, -0.15) is 0 Å². The van der Waals surface area contributed by atoms with E-state index in [1.54, 1.807) is 0 Å². The van der Waals surface area contributed by atoms with Gasteiger partial charge in [-0.1, -0.05) is 121 Å². The smallest absolute Gasteiger partial charge is 0.164 e. The molecule has 0 aliphatic carbocycles. The Labute approximate surface area is 220 Å². The molecule has 0 saturated heterocycles. The van der Waals surface area contributed by atoms with Crippen LogP contribution in [0.5, 0.6) is 0 Å². The van der Waals surface area contributed by atoms with Crippen LogP contribution in [0.1, 0.15) is 0 Å². The van der Waals surface area contributed by atoms with Crippen LogP contribution in [-0.4, -0.2) is 19.9 Å². The average Bonchev–Trinajstić information content (AvgIpc) is 3.01. The highest BCUT2D eigenvalue weighted by atomic mass is 15.0. The summed E-state index contributed by atoms with van der Waals surface area (Å²) >= 11 is 0. The third-order valence-electron chi connectivity index (χ3n) is 6.77. The van der Waals surface area contributed by atoms with Gasteiger partial charge in [-0.25, -0.2) is 15.0 Å². The third-order valence-corrected chi connectivity index (χ3v) is 6.77. The van der Waals surface area contributed by atoms with Gasteiger partial charge >= 0.3 is 0 Å². The minimum atomic E-state index is 0.649. The number of hydrogen-bond donors (Lipinski definition) is 0. The largest absolute Gasteiger partial charge is 0.256 e. The molecule has 5 aromatic carbocycles. The normalized spacial score (nSPS) is 11.2. The molecule has 0 aliphatic rings. The van der Waals surface area contributed by atoms with E-state index in [1.165, 1.54) is 5.39 Å². The number of pyridine rings is 1. The Morgan fingerprint density at radius 3 is 1.50 bits per heavy atom. The molecule has 0 bridgehead atoms. The Morgan fingerprint density at radius 1 is 0.368 bits per heavy atom. The van der Waals surface area contributed by atoms with E-state index in [-0.39, 0.29) is 0 Å². The van der Waals surface area contributed by atoms with E-state index < -0.39 is 0 Å². The molecule has 0 aliphatic heterocycles. The van der Waals surface area contributed by atoms with Gasteiger partial charge in [0.2, 0.25) is 0 Å². The first-order valence-corrected chi connectivity index (χ1v) is 12.6. The topological polar surface area (TPSA) is 51.6 Å². The third kappa shape index (κ3) is 4.08. The standard InChI is InChI=1S/C34H22N4/c1-3-9-24(10-4-1)32-36-33(25-11-5-2-6-12-25)38-34(37-32)26-17-15-23(16-18-26)27-19-20-30-29-14-8-7-13-28(29)22-35-31(30)21-27/h1-22H. The number of rotatable bonds is 4. The molecule has 4 heteroatoms. The fourth-order valence-corrected chi connectivity index (χ4v) is 4.79. The van der Waals surface area contributed by atoms with E-state index in [2.05, 4.69) is 60.7 Å². The molecule has 0 spiro atoms. The van der Waals surface area contributed by atoms with Crippen molar-refractivity contribution < 1.29 is 0 Å². The van der Waals surface area contributed by atoms with E-state index in [0.717, 1.165) is 44.1 Å². The molecule has 2 heterocycles. The van der Waals surface area contributed by atoms with Gasteiger partial charge < -0.3 is 0 Å². The molecule has 4 nitrogen and oxygen atoms in total. The molecule has 0 radical (unpaired) electrons. The molecule has 2 aromatic heterocycles. The van der Waals surface area contributed by atoms with Crippen LogP contribution < -0.4 is 0 Å². The van der Waals surface area contributed by atoms with Gasteiger partial charge in [0.15, 0.2) is 17.5 Å². The van der Waals surface area contributed by atoms with Gasteiger partial charge in [-0.15, -0.1) is 0 Å². The molecule has 0 N–H and O–H groups in total. The molecule has 0 atom stereocenters. The lowest BCUT2D eigenvalue weighted by Crippen LogP contribution is -2.00. The van der Waals surface area contributed by atoms with Gasteiger partial charge in [0.1, 0.15) is 0 Å². The van der Waals surface area contributed by atoms with Gasteiger partial charge in [-0.05, 0) is 22.6 Å². The minimum Gasteiger partial charge on any atom is -0.256 e. The minimum absolute atomic E-state index is 0.649. The van der Waals surface area contributed by atoms with Crippen LogP contribution >= 0.6 is 0 Å². The Morgan fingerprint density at radius 2 is 0.868 bits per heavy atom. The highest BCUT2D eigenvalue weighted by molar-refractivity contribution is 6.06. The predicted octanol–water partition coefficient (Wildman–Crippen LogP) is 8.24. The first-order valence-electron chi connectivity index (χ1n) is 12.6. The number of benzene rings is 5. The molecule has 7 rings (SSSR count). The quantitative estimate of drug-likeness (QED) is 0.235. The first-order chi connectivity index (χ1) is 18.8. The second-order valence-electron chi connectivity index (χ2n) is 9.19. The van der Waals surface area contributed by atoms with Crippen molar-refractivity contribution in [3.05, 3.63) is 134 Å². The molecule has 0 unspecified atom stereocenters. The van der Waals surface area contributed by atoms with Crippen molar-refractivity contribution in [3.8, 4) is 45.3 Å². The maximum atomic E-state index is 4.84. The fraction of sp³-hybridized carbons (Fsp3) is 0. The van der Waals surface area contributed by atoms with E-state index in [4.69, 9.17) is 19.9 Å². The van der Waals surface area contributed by atoms with E-state index in [0.29, 0.717) is 17.5 Å². The first kappa shape index (κ1) is 22.0. The summed E-state index contributed by atoms with van der Waals surface area (Å²) in [5.41, 5.74) is 6.09. The molecule has 0 amide bonds. The summed E-state index contributed by atoms with van der Waals surface area (Å²) in [4.78, 5) is 19.2. The summed E-state index contributed by atoms with van der Waals surface area (Å²) in [6, 6.07) is 43.3. The predicted molar refractivity (Wildman–Crippen MR) is 154 cm³/mol. The molecule has 0 fully saturated rings. The summed E-state index contributed by atoms with van der Waals surface area (Å²) < 4.78 is 0. The maximum Gasteiger partial charge on any atom is 0.164 e. The highest BCUT2D eigenvalue weighted by Gasteiger charge is 2.12. The van der Waals surface area contributed by atoms with E-state index in [9.17, 15) is 0 Å². The summed E-state index contributed by atoms with van der Waals surface area (Å²) in [7, 11) is 0. The zero-order chi connectivity index (χ0) is 25.3. The van der Waals surface area contributed by atoms with Crippen LogP contribution in [-0.2, 0) is 0 Å². The van der Waals surface area contributed by atoms with E-state index in [1.807, 2.05) is 72.9 Å². The molecular weight excluding hydrogens is 464 g/mol. The Kier molecular flexibility index (Phi) is 5.41.